The third kappa shape index (κ3) is 5.06. The van der Waals surface area contributed by atoms with Gasteiger partial charge >= 0.3 is 7.82 Å². The molecule has 0 bridgehead atoms. The molecule has 1 N–H and O–H groups in total. The fraction of sp³-hybridized carbons (Fsp3) is 1.00. The van der Waals surface area contributed by atoms with Crippen molar-refractivity contribution in [2.45, 2.75) is 46.3 Å². The highest BCUT2D eigenvalue weighted by molar-refractivity contribution is 7.47. The summed E-state index contributed by atoms with van der Waals surface area (Å²) in [5.41, 5.74) is 0. The second kappa shape index (κ2) is 6.30. The summed E-state index contributed by atoms with van der Waals surface area (Å²) in [7, 11) is -3.94. The molecule has 2 unspecified atom stereocenters. The van der Waals surface area contributed by atoms with Gasteiger partial charge in [0.1, 0.15) is 0 Å². The van der Waals surface area contributed by atoms with Crippen LogP contribution in [0.5, 0.6) is 0 Å². The Morgan fingerprint density at radius 3 is 2.59 bits per heavy atom. The molecule has 0 saturated carbocycles. The number of hydrogen-bond acceptors (Lipinski definition) is 4. The van der Waals surface area contributed by atoms with Crippen LogP contribution in [0.25, 0.3) is 0 Å². The molecule has 0 spiro atoms. The molecule has 0 aromatic heterocycles. The maximum Gasteiger partial charge on any atom is 0.472 e. The first-order valence-electron chi connectivity index (χ1n) is 6.09. The first-order valence-corrected chi connectivity index (χ1v) is 7.58. The molecule has 1 heterocycles. The zero-order chi connectivity index (χ0) is 13.1. The molecule has 6 heteroatoms. The van der Waals surface area contributed by atoms with Gasteiger partial charge in [-0.2, -0.15) is 0 Å². The van der Waals surface area contributed by atoms with Crippen molar-refractivity contribution in [1.82, 2.24) is 0 Å². The number of rotatable bonds is 6. The van der Waals surface area contributed by atoms with Crippen LogP contribution in [0.4, 0.5) is 0 Å². The molecule has 1 aliphatic heterocycles. The molecule has 5 nitrogen and oxygen atoms in total. The van der Waals surface area contributed by atoms with Gasteiger partial charge in [-0.05, 0) is 32.1 Å². The minimum absolute atomic E-state index is 0.105. The molecule has 0 radical (unpaired) electrons. The fourth-order valence-electron chi connectivity index (χ4n) is 2.06. The van der Waals surface area contributed by atoms with E-state index in [4.69, 9.17) is 13.8 Å². The van der Waals surface area contributed by atoms with E-state index in [1.165, 1.54) is 0 Å². The lowest BCUT2D eigenvalue weighted by Gasteiger charge is -2.23. The van der Waals surface area contributed by atoms with E-state index in [9.17, 15) is 9.46 Å². The van der Waals surface area contributed by atoms with Crippen molar-refractivity contribution >= 4 is 7.82 Å². The SMILES string of the molecule is CC(C)OP(=O)(O)OC[C@H]1OCCC1C(C)C. The number of phosphoric acid groups is 1. The second-order valence-electron chi connectivity index (χ2n) is 5.02. The third-order valence-electron chi connectivity index (χ3n) is 2.86. The van der Waals surface area contributed by atoms with E-state index in [0.717, 1.165) is 6.42 Å². The summed E-state index contributed by atoms with van der Waals surface area (Å²) in [6.07, 6.45) is 0.536. The Balaban J connectivity index is 2.42. The van der Waals surface area contributed by atoms with Crippen LogP contribution in [0.2, 0.25) is 0 Å². The molecular weight excluding hydrogens is 243 g/mol. The summed E-state index contributed by atoms with van der Waals surface area (Å²) in [4.78, 5) is 9.43. The van der Waals surface area contributed by atoms with E-state index in [0.29, 0.717) is 18.4 Å². The highest BCUT2D eigenvalue weighted by Crippen LogP contribution is 2.45. The maximum absolute atomic E-state index is 11.5. The van der Waals surface area contributed by atoms with Crippen LogP contribution in [0.15, 0.2) is 0 Å². The van der Waals surface area contributed by atoms with E-state index >= 15 is 0 Å². The topological polar surface area (TPSA) is 65.0 Å². The monoisotopic (exact) mass is 266 g/mol. The van der Waals surface area contributed by atoms with Gasteiger partial charge in [-0.3, -0.25) is 9.05 Å². The summed E-state index contributed by atoms with van der Waals surface area (Å²) >= 11 is 0. The lowest BCUT2D eigenvalue weighted by molar-refractivity contribution is 0.0201. The summed E-state index contributed by atoms with van der Waals surface area (Å²) in [6, 6.07) is 0. The predicted octanol–water partition coefficient (Wildman–Crippen LogP) is 2.59. The summed E-state index contributed by atoms with van der Waals surface area (Å²) < 4.78 is 26.8. The molecule has 102 valence electrons. The van der Waals surface area contributed by atoms with E-state index < -0.39 is 7.82 Å². The van der Waals surface area contributed by atoms with Gasteiger partial charge in [-0.15, -0.1) is 0 Å². The average molecular weight is 266 g/mol. The van der Waals surface area contributed by atoms with Gasteiger partial charge in [0, 0.05) is 6.61 Å². The van der Waals surface area contributed by atoms with Gasteiger partial charge in [-0.25, -0.2) is 4.57 Å². The number of hydrogen-bond donors (Lipinski definition) is 1. The lowest BCUT2D eigenvalue weighted by Crippen LogP contribution is -2.25. The van der Waals surface area contributed by atoms with Gasteiger partial charge in [0.25, 0.3) is 0 Å². The first kappa shape index (κ1) is 15.1. The van der Waals surface area contributed by atoms with Crippen LogP contribution < -0.4 is 0 Å². The van der Waals surface area contributed by atoms with Crippen molar-refractivity contribution in [2.24, 2.45) is 11.8 Å². The highest BCUT2D eigenvalue weighted by atomic mass is 31.2. The molecule has 1 rings (SSSR count). The minimum Gasteiger partial charge on any atom is -0.375 e. The second-order valence-corrected chi connectivity index (χ2v) is 6.43. The molecule has 0 aromatic rings. The van der Waals surface area contributed by atoms with E-state index in [1.54, 1.807) is 13.8 Å². The van der Waals surface area contributed by atoms with Gasteiger partial charge in [0.15, 0.2) is 0 Å². The summed E-state index contributed by atoms with van der Waals surface area (Å²) in [6.45, 7) is 8.43. The number of phosphoric ester groups is 1. The zero-order valence-corrected chi connectivity index (χ0v) is 11.9. The van der Waals surface area contributed by atoms with E-state index in [2.05, 4.69) is 13.8 Å². The molecule has 1 saturated heterocycles. The zero-order valence-electron chi connectivity index (χ0n) is 11.0. The standard InChI is InChI=1S/C11H23O5P/c1-8(2)10-5-6-14-11(10)7-15-17(12,13)16-9(3)4/h8-11H,5-7H2,1-4H3,(H,12,13)/t10?,11-/m1/s1. The van der Waals surface area contributed by atoms with Gasteiger partial charge < -0.3 is 9.63 Å². The van der Waals surface area contributed by atoms with Crippen LogP contribution >= 0.6 is 7.82 Å². The molecule has 0 aliphatic carbocycles. The Bertz CT molecular complexity index is 279. The third-order valence-corrected chi connectivity index (χ3v) is 4.03. The number of ether oxygens (including phenoxy) is 1. The van der Waals surface area contributed by atoms with Crippen molar-refractivity contribution in [2.75, 3.05) is 13.2 Å². The Morgan fingerprint density at radius 1 is 1.41 bits per heavy atom. The minimum atomic E-state index is -3.94. The normalized spacial score (nSPS) is 28.9. The van der Waals surface area contributed by atoms with Crippen LogP contribution in [0.1, 0.15) is 34.1 Å². The Labute approximate surface area is 103 Å². The predicted molar refractivity (Wildman–Crippen MR) is 64.7 cm³/mol. The molecule has 1 aliphatic rings. The van der Waals surface area contributed by atoms with Crippen molar-refractivity contribution in [3.05, 3.63) is 0 Å². The van der Waals surface area contributed by atoms with Crippen LogP contribution in [0.3, 0.4) is 0 Å². The van der Waals surface area contributed by atoms with Gasteiger partial charge in [0.2, 0.25) is 0 Å². The van der Waals surface area contributed by atoms with Crippen molar-refractivity contribution < 1.29 is 23.2 Å². The first-order chi connectivity index (χ1) is 7.82. The fourth-order valence-corrected chi connectivity index (χ4v) is 2.99. The van der Waals surface area contributed by atoms with E-state index in [-0.39, 0.29) is 18.8 Å². The largest absolute Gasteiger partial charge is 0.472 e. The Kier molecular flexibility index (Phi) is 5.61. The molecule has 17 heavy (non-hydrogen) atoms. The molecule has 3 atom stereocenters. The molecule has 0 aromatic carbocycles. The molecule has 0 amide bonds. The average Bonchev–Trinajstić information content (AvgIpc) is 2.60. The highest BCUT2D eigenvalue weighted by Gasteiger charge is 2.33. The Morgan fingerprint density at radius 2 is 2.06 bits per heavy atom. The van der Waals surface area contributed by atoms with Gasteiger partial charge in [0.05, 0.1) is 18.8 Å². The molecule has 1 fully saturated rings. The quantitative estimate of drug-likeness (QED) is 0.748. The molecular formula is C11H23O5P. The van der Waals surface area contributed by atoms with Crippen molar-refractivity contribution in [3.8, 4) is 0 Å². The van der Waals surface area contributed by atoms with Gasteiger partial charge in [-0.1, -0.05) is 13.8 Å². The van der Waals surface area contributed by atoms with Crippen molar-refractivity contribution in [1.29, 1.82) is 0 Å². The summed E-state index contributed by atoms with van der Waals surface area (Å²) in [5.74, 6) is 0.865. The van der Waals surface area contributed by atoms with Crippen LogP contribution in [-0.2, 0) is 18.3 Å². The van der Waals surface area contributed by atoms with Crippen LogP contribution in [0, 0.1) is 11.8 Å². The van der Waals surface area contributed by atoms with Crippen LogP contribution in [-0.4, -0.2) is 30.3 Å². The smallest absolute Gasteiger partial charge is 0.375 e. The Hall–Kier alpha value is 0.0700. The van der Waals surface area contributed by atoms with Crippen molar-refractivity contribution in [3.63, 3.8) is 0 Å². The lowest BCUT2D eigenvalue weighted by atomic mass is 9.90. The maximum atomic E-state index is 11.5. The van der Waals surface area contributed by atoms with E-state index in [1.807, 2.05) is 0 Å². The summed E-state index contributed by atoms with van der Waals surface area (Å²) in [5, 5.41) is 0.